The predicted octanol–water partition coefficient (Wildman–Crippen LogP) is 4.74. The maximum atomic E-state index is 13.4. The highest BCUT2D eigenvalue weighted by Crippen LogP contribution is 2.24. The van der Waals surface area contributed by atoms with Crippen LogP contribution in [0.1, 0.15) is 25.3 Å². The Morgan fingerprint density at radius 3 is 2.55 bits per heavy atom. The molecule has 1 heterocycles. The van der Waals surface area contributed by atoms with Crippen molar-refractivity contribution in [1.29, 1.82) is 0 Å². The van der Waals surface area contributed by atoms with Gasteiger partial charge in [-0.25, -0.2) is 14.4 Å². The van der Waals surface area contributed by atoms with Gasteiger partial charge in [0.25, 0.3) is 0 Å². The maximum Gasteiger partial charge on any atom is 0.573 e. The highest BCUT2D eigenvalue weighted by atomic mass is 19.4. The van der Waals surface area contributed by atoms with Crippen molar-refractivity contribution in [2.75, 3.05) is 25.0 Å². The fourth-order valence-electron chi connectivity index (χ4n) is 3.54. The summed E-state index contributed by atoms with van der Waals surface area (Å²) in [6.45, 7) is 3.64. The van der Waals surface area contributed by atoms with Crippen LogP contribution in [0.15, 0.2) is 48.8 Å². The summed E-state index contributed by atoms with van der Waals surface area (Å²) in [4.78, 5) is 10.4. The van der Waals surface area contributed by atoms with Crippen molar-refractivity contribution >= 4 is 16.7 Å². The van der Waals surface area contributed by atoms with Crippen molar-refractivity contribution in [3.05, 3.63) is 60.2 Å². The topological polar surface area (TPSA) is 70.5 Å². The molecule has 3 rings (SSSR count). The molecular formula is C23H26F4N4O2. The third-order valence-electron chi connectivity index (χ3n) is 5.07. The summed E-state index contributed by atoms with van der Waals surface area (Å²) < 4.78 is 54.2. The summed E-state index contributed by atoms with van der Waals surface area (Å²) >= 11 is 0. The number of fused-ring (bicyclic) bond motifs is 1. The molecule has 33 heavy (non-hydrogen) atoms. The summed E-state index contributed by atoms with van der Waals surface area (Å²) in [5.41, 5.74) is 1.35. The van der Waals surface area contributed by atoms with Crippen LogP contribution in [-0.4, -0.2) is 52.1 Å². The fourth-order valence-corrected chi connectivity index (χ4v) is 3.54. The van der Waals surface area contributed by atoms with Crippen molar-refractivity contribution in [2.45, 2.75) is 38.7 Å². The summed E-state index contributed by atoms with van der Waals surface area (Å²) in [5.74, 6) is 0.0208. The van der Waals surface area contributed by atoms with E-state index in [4.69, 9.17) is 0 Å². The number of ether oxygens (including phenoxy) is 1. The van der Waals surface area contributed by atoms with Crippen LogP contribution in [0.5, 0.6) is 5.75 Å². The summed E-state index contributed by atoms with van der Waals surface area (Å²) in [5, 5.41) is 13.4. The standard InChI is InChI=1S/C23H26F4N4O2/c1-16(30-22-20-9-6-18(24)13-21(20)28-15-29-22)3-2-10-31(11-12-32)14-17-4-7-19(8-5-17)33-23(25,26)27/h4-9,13,15-16,32H,2-3,10-12,14H2,1H3,(H,28,29,30). The van der Waals surface area contributed by atoms with Crippen molar-refractivity contribution < 1.29 is 27.4 Å². The number of nitrogens with one attached hydrogen (secondary N) is 1. The monoisotopic (exact) mass is 466 g/mol. The Hall–Kier alpha value is -2.98. The highest BCUT2D eigenvalue weighted by Gasteiger charge is 2.30. The van der Waals surface area contributed by atoms with Gasteiger partial charge in [0.1, 0.15) is 23.7 Å². The van der Waals surface area contributed by atoms with Crippen LogP contribution in [0, 0.1) is 5.82 Å². The molecule has 2 N–H and O–H groups in total. The second kappa shape index (κ2) is 11.2. The lowest BCUT2D eigenvalue weighted by molar-refractivity contribution is -0.274. The minimum atomic E-state index is -4.72. The first kappa shape index (κ1) is 24.7. The number of benzene rings is 2. The molecule has 6 nitrogen and oxygen atoms in total. The molecular weight excluding hydrogens is 440 g/mol. The SMILES string of the molecule is CC(CCCN(CCO)Cc1ccc(OC(F)(F)F)cc1)Nc1ncnc2cc(F)ccc12. The van der Waals surface area contributed by atoms with Gasteiger partial charge in [-0.1, -0.05) is 12.1 Å². The second-order valence-electron chi connectivity index (χ2n) is 7.76. The van der Waals surface area contributed by atoms with E-state index in [-0.39, 0.29) is 24.2 Å². The second-order valence-corrected chi connectivity index (χ2v) is 7.76. The Labute approximate surface area is 189 Å². The van der Waals surface area contributed by atoms with E-state index in [1.54, 1.807) is 18.2 Å². The van der Waals surface area contributed by atoms with Gasteiger partial charge in [0.15, 0.2) is 0 Å². The molecule has 1 unspecified atom stereocenters. The zero-order valence-electron chi connectivity index (χ0n) is 18.1. The van der Waals surface area contributed by atoms with Gasteiger partial charge in [-0.3, -0.25) is 4.90 Å². The van der Waals surface area contributed by atoms with Crippen LogP contribution in [0.25, 0.3) is 10.9 Å². The summed E-state index contributed by atoms with van der Waals surface area (Å²) in [7, 11) is 0. The Morgan fingerprint density at radius 1 is 1.09 bits per heavy atom. The molecule has 1 aromatic heterocycles. The summed E-state index contributed by atoms with van der Waals surface area (Å²) in [6, 6.07) is 10.2. The minimum absolute atomic E-state index is 0.0213. The lowest BCUT2D eigenvalue weighted by atomic mass is 10.1. The van der Waals surface area contributed by atoms with E-state index < -0.39 is 6.36 Å². The normalized spacial score (nSPS) is 12.8. The molecule has 178 valence electrons. The first-order valence-corrected chi connectivity index (χ1v) is 10.6. The van der Waals surface area contributed by atoms with Gasteiger partial charge in [0.05, 0.1) is 12.1 Å². The van der Waals surface area contributed by atoms with E-state index in [0.717, 1.165) is 23.8 Å². The van der Waals surface area contributed by atoms with E-state index in [0.29, 0.717) is 31.0 Å². The number of rotatable bonds is 11. The molecule has 1 atom stereocenters. The van der Waals surface area contributed by atoms with Crippen LogP contribution in [0.4, 0.5) is 23.4 Å². The van der Waals surface area contributed by atoms with E-state index in [2.05, 4.69) is 20.0 Å². The molecule has 0 aliphatic carbocycles. The number of aliphatic hydroxyl groups is 1. The number of hydrogen-bond acceptors (Lipinski definition) is 6. The molecule has 0 spiro atoms. The number of alkyl halides is 3. The first-order chi connectivity index (χ1) is 15.7. The molecule has 0 fully saturated rings. The van der Waals surface area contributed by atoms with Gasteiger partial charge in [0, 0.05) is 30.6 Å². The van der Waals surface area contributed by atoms with Gasteiger partial charge < -0.3 is 15.2 Å². The minimum Gasteiger partial charge on any atom is -0.406 e. The zero-order valence-corrected chi connectivity index (χ0v) is 18.1. The van der Waals surface area contributed by atoms with Crippen molar-refractivity contribution in [1.82, 2.24) is 14.9 Å². The Kier molecular flexibility index (Phi) is 8.40. The zero-order chi connectivity index (χ0) is 23.8. The smallest absolute Gasteiger partial charge is 0.406 e. The predicted molar refractivity (Wildman–Crippen MR) is 117 cm³/mol. The Balaban J connectivity index is 1.51. The molecule has 0 saturated heterocycles. The molecule has 0 aliphatic rings. The fraction of sp³-hybridized carbons (Fsp3) is 0.391. The highest BCUT2D eigenvalue weighted by molar-refractivity contribution is 5.88. The van der Waals surface area contributed by atoms with E-state index in [9.17, 15) is 22.7 Å². The number of aliphatic hydroxyl groups excluding tert-OH is 1. The molecule has 0 saturated carbocycles. The van der Waals surface area contributed by atoms with Crippen molar-refractivity contribution in [2.24, 2.45) is 0 Å². The van der Waals surface area contributed by atoms with E-state index in [1.165, 1.54) is 30.6 Å². The van der Waals surface area contributed by atoms with Crippen LogP contribution in [0.2, 0.25) is 0 Å². The quantitative estimate of drug-likeness (QED) is 0.398. The molecule has 0 amide bonds. The number of aromatic nitrogens is 2. The van der Waals surface area contributed by atoms with E-state index in [1.807, 2.05) is 11.8 Å². The van der Waals surface area contributed by atoms with Crippen LogP contribution in [-0.2, 0) is 6.54 Å². The third-order valence-corrected chi connectivity index (χ3v) is 5.07. The average molecular weight is 466 g/mol. The van der Waals surface area contributed by atoms with Gasteiger partial charge >= 0.3 is 6.36 Å². The number of anilines is 1. The average Bonchev–Trinajstić information content (AvgIpc) is 2.74. The molecule has 0 radical (unpaired) electrons. The first-order valence-electron chi connectivity index (χ1n) is 10.6. The molecule has 2 aromatic carbocycles. The number of nitrogens with zero attached hydrogens (tertiary/aromatic N) is 3. The molecule has 0 bridgehead atoms. The van der Waals surface area contributed by atoms with Gasteiger partial charge in [-0.15, -0.1) is 13.2 Å². The van der Waals surface area contributed by atoms with Crippen LogP contribution in [0.3, 0.4) is 0 Å². The van der Waals surface area contributed by atoms with Crippen molar-refractivity contribution in [3.63, 3.8) is 0 Å². The van der Waals surface area contributed by atoms with Crippen LogP contribution < -0.4 is 10.1 Å². The summed E-state index contributed by atoms with van der Waals surface area (Å²) in [6.07, 6.45) is -1.69. The van der Waals surface area contributed by atoms with Gasteiger partial charge in [-0.2, -0.15) is 0 Å². The van der Waals surface area contributed by atoms with Gasteiger partial charge in [-0.05, 0) is 56.1 Å². The molecule has 10 heteroatoms. The van der Waals surface area contributed by atoms with Crippen LogP contribution >= 0.6 is 0 Å². The Morgan fingerprint density at radius 2 is 1.85 bits per heavy atom. The molecule has 0 aliphatic heterocycles. The lowest BCUT2D eigenvalue weighted by Gasteiger charge is -2.23. The van der Waals surface area contributed by atoms with Gasteiger partial charge in [0.2, 0.25) is 0 Å². The van der Waals surface area contributed by atoms with E-state index >= 15 is 0 Å². The largest absolute Gasteiger partial charge is 0.573 e. The Bertz CT molecular complexity index is 1030. The maximum absolute atomic E-state index is 13.4. The number of hydrogen-bond donors (Lipinski definition) is 2. The third kappa shape index (κ3) is 7.83. The van der Waals surface area contributed by atoms with Crippen molar-refractivity contribution in [3.8, 4) is 5.75 Å². The number of halogens is 4. The molecule has 3 aromatic rings. The lowest BCUT2D eigenvalue weighted by Crippen LogP contribution is -2.28.